The SMILES string of the molecule is CCNC(=O)C(C)n1c(=S)[nH]c2ccc(F)cc21. The van der Waals surface area contributed by atoms with Gasteiger partial charge in [0.05, 0.1) is 11.0 Å². The molecule has 1 heterocycles. The normalized spacial score (nSPS) is 12.6. The van der Waals surface area contributed by atoms with Gasteiger partial charge in [0.2, 0.25) is 5.91 Å². The van der Waals surface area contributed by atoms with Gasteiger partial charge < -0.3 is 14.9 Å². The summed E-state index contributed by atoms with van der Waals surface area (Å²) in [4.78, 5) is 14.8. The van der Waals surface area contributed by atoms with Crippen molar-refractivity contribution in [1.82, 2.24) is 14.9 Å². The highest BCUT2D eigenvalue weighted by atomic mass is 32.1. The number of carbonyl (C=O) groups is 1. The van der Waals surface area contributed by atoms with E-state index in [2.05, 4.69) is 10.3 Å². The number of nitrogens with zero attached hydrogens (tertiary/aromatic N) is 1. The number of hydrogen-bond donors (Lipinski definition) is 2. The molecule has 0 saturated heterocycles. The third-order valence-electron chi connectivity index (χ3n) is 2.80. The van der Waals surface area contributed by atoms with Gasteiger partial charge in [0, 0.05) is 6.54 Å². The van der Waals surface area contributed by atoms with E-state index in [4.69, 9.17) is 12.2 Å². The molecule has 2 aromatic rings. The van der Waals surface area contributed by atoms with Gasteiger partial charge in [-0.2, -0.15) is 0 Å². The van der Waals surface area contributed by atoms with Gasteiger partial charge in [0.1, 0.15) is 11.9 Å². The number of rotatable bonds is 3. The van der Waals surface area contributed by atoms with E-state index >= 15 is 0 Å². The van der Waals surface area contributed by atoms with E-state index in [0.717, 1.165) is 5.52 Å². The average Bonchev–Trinajstić information content (AvgIpc) is 2.64. The van der Waals surface area contributed by atoms with Gasteiger partial charge in [-0.25, -0.2) is 4.39 Å². The third kappa shape index (κ3) is 2.15. The number of halogens is 1. The van der Waals surface area contributed by atoms with Crippen LogP contribution in [0, 0.1) is 10.6 Å². The molecule has 0 radical (unpaired) electrons. The van der Waals surface area contributed by atoms with Crippen molar-refractivity contribution in [3.8, 4) is 0 Å². The number of likely N-dealkylation sites (N-methyl/N-ethyl adjacent to an activating group) is 1. The van der Waals surface area contributed by atoms with Crippen molar-refractivity contribution in [1.29, 1.82) is 0 Å². The van der Waals surface area contributed by atoms with Gasteiger partial charge in [-0.1, -0.05) is 0 Å². The summed E-state index contributed by atoms with van der Waals surface area (Å²) in [5.41, 5.74) is 1.32. The average molecular weight is 267 g/mol. The Morgan fingerprint density at radius 2 is 2.33 bits per heavy atom. The van der Waals surface area contributed by atoms with Crippen LogP contribution in [-0.4, -0.2) is 22.0 Å². The van der Waals surface area contributed by atoms with Gasteiger partial charge in [0.25, 0.3) is 0 Å². The monoisotopic (exact) mass is 267 g/mol. The van der Waals surface area contributed by atoms with Crippen LogP contribution in [0.5, 0.6) is 0 Å². The number of nitrogens with one attached hydrogen (secondary N) is 2. The highest BCUT2D eigenvalue weighted by Gasteiger charge is 2.17. The van der Waals surface area contributed by atoms with Crippen LogP contribution in [0.1, 0.15) is 19.9 Å². The summed E-state index contributed by atoms with van der Waals surface area (Å²) in [5.74, 6) is -0.493. The molecule has 0 spiro atoms. The number of H-pyrrole nitrogens is 1. The summed E-state index contributed by atoms with van der Waals surface area (Å²) in [6.07, 6.45) is 0. The molecule has 18 heavy (non-hydrogen) atoms. The number of imidazole rings is 1. The number of fused-ring (bicyclic) bond motifs is 1. The van der Waals surface area contributed by atoms with Crippen LogP contribution in [0.2, 0.25) is 0 Å². The summed E-state index contributed by atoms with van der Waals surface area (Å²) in [7, 11) is 0. The van der Waals surface area contributed by atoms with Crippen molar-refractivity contribution in [2.45, 2.75) is 19.9 Å². The van der Waals surface area contributed by atoms with Crippen molar-refractivity contribution in [2.24, 2.45) is 0 Å². The van der Waals surface area contributed by atoms with Crippen LogP contribution in [0.25, 0.3) is 11.0 Å². The number of benzene rings is 1. The summed E-state index contributed by atoms with van der Waals surface area (Å²) >= 11 is 5.18. The molecule has 2 N–H and O–H groups in total. The smallest absolute Gasteiger partial charge is 0.242 e. The molecule has 1 amide bonds. The quantitative estimate of drug-likeness (QED) is 0.840. The second kappa shape index (κ2) is 4.89. The molecule has 1 atom stereocenters. The third-order valence-corrected chi connectivity index (χ3v) is 3.10. The first-order valence-corrected chi connectivity index (χ1v) is 6.13. The molecule has 96 valence electrons. The summed E-state index contributed by atoms with van der Waals surface area (Å²) in [6.45, 7) is 4.13. The first kappa shape index (κ1) is 12.8. The van der Waals surface area contributed by atoms with Crippen molar-refractivity contribution >= 4 is 29.2 Å². The molecule has 0 aliphatic rings. The van der Waals surface area contributed by atoms with E-state index in [1.54, 1.807) is 17.6 Å². The lowest BCUT2D eigenvalue weighted by Crippen LogP contribution is -2.30. The Bertz CT molecular complexity index is 646. The Morgan fingerprint density at radius 1 is 1.61 bits per heavy atom. The van der Waals surface area contributed by atoms with Gasteiger partial charge in [-0.05, 0) is 44.3 Å². The topological polar surface area (TPSA) is 49.8 Å². The second-order valence-corrected chi connectivity index (χ2v) is 4.42. The molecule has 4 nitrogen and oxygen atoms in total. The predicted octanol–water partition coefficient (Wildman–Crippen LogP) is 2.54. The zero-order chi connectivity index (χ0) is 13.3. The van der Waals surface area contributed by atoms with Crippen LogP contribution < -0.4 is 5.32 Å². The lowest BCUT2D eigenvalue weighted by molar-refractivity contribution is -0.123. The van der Waals surface area contributed by atoms with Crippen molar-refractivity contribution < 1.29 is 9.18 Å². The number of hydrogen-bond acceptors (Lipinski definition) is 2. The molecule has 6 heteroatoms. The minimum absolute atomic E-state index is 0.140. The zero-order valence-electron chi connectivity index (χ0n) is 10.2. The molecule has 0 aliphatic carbocycles. The van der Waals surface area contributed by atoms with Crippen LogP contribution in [0.4, 0.5) is 4.39 Å². The van der Waals surface area contributed by atoms with Crippen LogP contribution in [-0.2, 0) is 4.79 Å². The highest BCUT2D eigenvalue weighted by Crippen LogP contribution is 2.20. The van der Waals surface area contributed by atoms with Gasteiger partial charge in [0.15, 0.2) is 4.77 Å². The molecule has 1 unspecified atom stereocenters. The maximum atomic E-state index is 13.3. The van der Waals surface area contributed by atoms with E-state index in [-0.39, 0.29) is 11.7 Å². The van der Waals surface area contributed by atoms with E-state index in [1.807, 2.05) is 6.92 Å². The van der Waals surface area contributed by atoms with Gasteiger partial charge in [-0.15, -0.1) is 0 Å². The van der Waals surface area contributed by atoms with Gasteiger partial charge in [-0.3, -0.25) is 4.79 Å². The van der Waals surface area contributed by atoms with Crippen LogP contribution >= 0.6 is 12.2 Å². The number of aromatic amines is 1. The Labute approximate surface area is 109 Å². The maximum absolute atomic E-state index is 13.3. The van der Waals surface area contributed by atoms with E-state index in [1.165, 1.54) is 12.1 Å². The van der Waals surface area contributed by atoms with Crippen molar-refractivity contribution in [3.63, 3.8) is 0 Å². The minimum Gasteiger partial charge on any atom is -0.355 e. The molecule has 0 bridgehead atoms. The molecule has 0 saturated carbocycles. The fraction of sp³-hybridized carbons (Fsp3) is 0.333. The number of aromatic nitrogens is 2. The molecular formula is C12H14FN3OS. The summed E-state index contributed by atoms with van der Waals surface area (Å²) in [6, 6.07) is 3.86. The number of amides is 1. The predicted molar refractivity (Wildman–Crippen MR) is 70.5 cm³/mol. The molecule has 1 aromatic heterocycles. The van der Waals surface area contributed by atoms with E-state index in [0.29, 0.717) is 16.8 Å². The fourth-order valence-corrected chi connectivity index (χ4v) is 2.28. The molecule has 1 aromatic carbocycles. The largest absolute Gasteiger partial charge is 0.355 e. The Hall–Kier alpha value is -1.69. The summed E-state index contributed by atoms with van der Waals surface area (Å²) < 4.78 is 15.3. The van der Waals surface area contributed by atoms with E-state index in [9.17, 15) is 9.18 Å². The van der Waals surface area contributed by atoms with Gasteiger partial charge >= 0.3 is 0 Å². The second-order valence-electron chi connectivity index (χ2n) is 4.03. The molecule has 0 aliphatic heterocycles. The molecule has 0 fully saturated rings. The summed E-state index contributed by atoms with van der Waals surface area (Å²) in [5, 5.41) is 2.73. The lowest BCUT2D eigenvalue weighted by atomic mass is 10.2. The van der Waals surface area contributed by atoms with E-state index < -0.39 is 6.04 Å². The highest BCUT2D eigenvalue weighted by molar-refractivity contribution is 7.71. The maximum Gasteiger partial charge on any atom is 0.242 e. The first-order valence-electron chi connectivity index (χ1n) is 5.72. The zero-order valence-corrected chi connectivity index (χ0v) is 11.0. The Morgan fingerprint density at radius 3 is 3.00 bits per heavy atom. The lowest BCUT2D eigenvalue weighted by Gasteiger charge is -2.13. The molecule has 2 rings (SSSR count). The minimum atomic E-state index is -0.479. The first-order chi connectivity index (χ1) is 8.54. The van der Waals surface area contributed by atoms with Crippen molar-refractivity contribution in [3.05, 3.63) is 28.8 Å². The van der Waals surface area contributed by atoms with Crippen molar-refractivity contribution in [2.75, 3.05) is 6.54 Å². The molecular weight excluding hydrogens is 253 g/mol. The number of carbonyl (C=O) groups excluding carboxylic acids is 1. The van der Waals surface area contributed by atoms with Crippen LogP contribution in [0.15, 0.2) is 18.2 Å². The fourth-order valence-electron chi connectivity index (χ4n) is 1.92. The van der Waals surface area contributed by atoms with Crippen LogP contribution in [0.3, 0.4) is 0 Å². The standard InChI is InChI=1S/C12H14FN3OS/c1-3-14-11(17)7(2)16-10-6-8(13)4-5-9(10)15-12(16)18/h4-7H,3H2,1-2H3,(H,14,17)(H,15,18). The Balaban J connectivity index is 2.56. The Kier molecular flexibility index (Phi) is 3.47.